The minimum Gasteiger partial charge on any atom is -0.459 e. The lowest BCUT2D eigenvalue weighted by atomic mass is 9.96. The molecule has 1 aliphatic carbocycles. The highest BCUT2D eigenvalue weighted by Crippen LogP contribution is 2.24. The Morgan fingerprint density at radius 3 is 2.83 bits per heavy atom. The first kappa shape index (κ1) is 15.2. The lowest BCUT2D eigenvalue weighted by Gasteiger charge is -2.33. The molecule has 0 bridgehead atoms. The molecule has 0 spiro atoms. The molecule has 1 saturated heterocycles. The monoisotopic (exact) mass is 326 g/mol. The Kier molecular flexibility index (Phi) is 4.19. The molecule has 2 aliphatic rings. The average molecular weight is 326 g/mol. The number of anilines is 1. The van der Waals surface area contributed by atoms with Crippen molar-refractivity contribution in [3.05, 3.63) is 41.5 Å². The first-order valence-corrected chi connectivity index (χ1v) is 8.74. The van der Waals surface area contributed by atoms with Crippen LogP contribution in [0.5, 0.6) is 0 Å². The number of nitrogens with zero attached hydrogens (tertiary/aromatic N) is 3. The van der Waals surface area contributed by atoms with Gasteiger partial charge in [-0.15, -0.1) is 5.10 Å². The van der Waals surface area contributed by atoms with E-state index in [4.69, 9.17) is 4.42 Å². The molecule has 0 saturated carbocycles. The van der Waals surface area contributed by atoms with Crippen LogP contribution >= 0.6 is 0 Å². The fourth-order valence-corrected chi connectivity index (χ4v) is 3.55. The van der Waals surface area contributed by atoms with Gasteiger partial charge < -0.3 is 14.6 Å². The normalized spacial score (nSPS) is 18.2. The van der Waals surface area contributed by atoms with E-state index in [0.29, 0.717) is 5.76 Å². The highest BCUT2D eigenvalue weighted by molar-refractivity contribution is 5.91. The number of carbonyl (C=O) groups excluding carboxylic acids is 1. The SMILES string of the molecule is O=C(NC1CCN(c2cc3c(nn2)CCCC3)CC1)c1ccco1. The van der Waals surface area contributed by atoms with Gasteiger partial charge in [-0.3, -0.25) is 4.79 Å². The molecule has 3 heterocycles. The van der Waals surface area contributed by atoms with Crippen LogP contribution < -0.4 is 10.2 Å². The van der Waals surface area contributed by atoms with Gasteiger partial charge in [-0.05, 0) is 62.3 Å². The van der Waals surface area contributed by atoms with Crippen LogP contribution in [0.3, 0.4) is 0 Å². The number of fused-ring (bicyclic) bond motifs is 1. The minimum absolute atomic E-state index is 0.132. The molecule has 0 aromatic carbocycles. The van der Waals surface area contributed by atoms with Crippen molar-refractivity contribution in [2.75, 3.05) is 18.0 Å². The van der Waals surface area contributed by atoms with E-state index in [1.165, 1.54) is 30.4 Å². The maximum absolute atomic E-state index is 12.0. The van der Waals surface area contributed by atoms with E-state index in [9.17, 15) is 4.79 Å². The van der Waals surface area contributed by atoms with E-state index in [-0.39, 0.29) is 11.9 Å². The van der Waals surface area contributed by atoms with Gasteiger partial charge in [0.15, 0.2) is 11.6 Å². The first-order chi connectivity index (χ1) is 11.8. The zero-order valence-electron chi connectivity index (χ0n) is 13.7. The summed E-state index contributed by atoms with van der Waals surface area (Å²) >= 11 is 0. The molecule has 1 aliphatic heterocycles. The van der Waals surface area contributed by atoms with Gasteiger partial charge in [0.25, 0.3) is 5.91 Å². The quantitative estimate of drug-likeness (QED) is 0.937. The summed E-state index contributed by atoms with van der Waals surface area (Å²) in [7, 11) is 0. The van der Waals surface area contributed by atoms with Crippen molar-refractivity contribution in [2.45, 2.75) is 44.6 Å². The Bertz CT molecular complexity index is 706. The second kappa shape index (κ2) is 6.63. The number of carbonyl (C=O) groups is 1. The summed E-state index contributed by atoms with van der Waals surface area (Å²) in [6.07, 6.45) is 7.99. The van der Waals surface area contributed by atoms with Crippen LogP contribution in [0.2, 0.25) is 0 Å². The van der Waals surface area contributed by atoms with Crippen LogP contribution in [0, 0.1) is 0 Å². The summed E-state index contributed by atoms with van der Waals surface area (Å²) in [5.41, 5.74) is 2.53. The first-order valence-electron chi connectivity index (χ1n) is 8.74. The third kappa shape index (κ3) is 3.13. The molecule has 1 N–H and O–H groups in total. The number of hydrogen-bond donors (Lipinski definition) is 1. The van der Waals surface area contributed by atoms with E-state index >= 15 is 0 Å². The molecule has 6 heteroatoms. The third-order valence-corrected chi connectivity index (χ3v) is 4.96. The number of rotatable bonds is 3. The Morgan fingerprint density at radius 1 is 1.21 bits per heavy atom. The van der Waals surface area contributed by atoms with Crippen molar-refractivity contribution >= 4 is 11.7 Å². The van der Waals surface area contributed by atoms with E-state index in [1.807, 2.05) is 0 Å². The molecule has 0 atom stereocenters. The van der Waals surface area contributed by atoms with Gasteiger partial charge in [0, 0.05) is 19.1 Å². The van der Waals surface area contributed by atoms with Crippen LogP contribution in [0.4, 0.5) is 5.82 Å². The summed E-state index contributed by atoms with van der Waals surface area (Å²) in [5, 5.41) is 11.9. The highest BCUT2D eigenvalue weighted by Gasteiger charge is 2.24. The summed E-state index contributed by atoms with van der Waals surface area (Å²) in [6.45, 7) is 1.77. The molecule has 0 radical (unpaired) electrons. The van der Waals surface area contributed by atoms with Gasteiger partial charge in [0.05, 0.1) is 12.0 Å². The molecular formula is C18H22N4O2. The summed E-state index contributed by atoms with van der Waals surface area (Å²) < 4.78 is 5.14. The van der Waals surface area contributed by atoms with Crippen LogP contribution in [-0.4, -0.2) is 35.2 Å². The Labute approximate surface area is 141 Å². The Hall–Kier alpha value is -2.37. The number of aryl methyl sites for hydroxylation is 2. The molecule has 126 valence electrons. The molecule has 2 aromatic heterocycles. The summed E-state index contributed by atoms with van der Waals surface area (Å²) in [4.78, 5) is 14.3. The fourth-order valence-electron chi connectivity index (χ4n) is 3.55. The van der Waals surface area contributed by atoms with Crippen molar-refractivity contribution < 1.29 is 9.21 Å². The van der Waals surface area contributed by atoms with E-state index < -0.39 is 0 Å². The lowest BCUT2D eigenvalue weighted by Crippen LogP contribution is -2.45. The van der Waals surface area contributed by atoms with Crippen LogP contribution in [-0.2, 0) is 12.8 Å². The van der Waals surface area contributed by atoms with Gasteiger partial charge in [-0.1, -0.05) is 0 Å². The van der Waals surface area contributed by atoms with E-state index in [2.05, 4.69) is 26.5 Å². The van der Waals surface area contributed by atoms with Gasteiger partial charge in [0.1, 0.15) is 0 Å². The number of amides is 1. The molecule has 1 fully saturated rings. The topological polar surface area (TPSA) is 71.3 Å². The standard InChI is InChI=1S/C18H22N4O2/c23-18(16-6-3-11-24-16)19-14-7-9-22(10-8-14)17-12-13-4-1-2-5-15(13)20-21-17/h3,6,11-12,14H,1-2,4-5,7-10H2,(H,19,23). The molecule has 24 heavy (non-hydrogen) atoms. The molecule has 6 nitrogen and oxygen atoms in total. The third-order valence-electron chi connectivity index (χ3n) is 4.96. The highest BCUT2D eigenvalue weighted by atomic mass is 16.3. The summed E-state index contributed by atoms with van der Waals surface area (Å²) in [5.74, 6) is 1.22. The molecule has 2 aromatic rings. The molecule has 1 amide bonds. The average Bonchev–Trinajstić information content (AvgIpc) is 3.17. The number of nitrogens with one attached hydrogen (secondary N) is 1. The van der Waals surface area contributed by atoms with Gasteiger partial charge in [0.2, 0.25) is 0 Å². The fraction of sp³-hybridized carbons (Fsp3) is 0.500. The number of aromatic nitrogens is 2. The van der Waals surface area contributed by atoms with Crippen molar-refractivity contribution in [3.8, 4) is 0 Å². The van der Waals surface area contributed by atoms with Crippen LogP contribution in [0.15, 0.2) is 28.9 Å². The largest absolute Gasteiger partial charge is 0.459 e. The number of furan rings is 1. The van der Waals surface area contributed by atoms with Gasteiger partial charge in [-0.25, -0.2) is 0 Å². The Balaban J connectivity index is 1.35. The molecule has 0 unspecified atom stereocenters. The van der Waals surface area contributed by atoms with Crippen molar-refractivity contribution in [1.82, 2.24) is 15.5 Å². The van der Waals surface area contributed by atoms with Gasteiger partial charge in [-0.2, -0.15) is 5.10 Å². The predicted octanol–water partition coefficient (Wildman–Crippen LogP) is 2.35. The second-order valence-electron chi connectivity index (χ2n) is 6.59. The number of piperidine rings is 1. The number of hydrogen-bond acceptors (Lipinski definition) is 5. The molecule has 4 rings (SSSR count). The molecular weight excluding hydrogens is 304 g/mol. The Morgan fingerprint density at radius 2 is 2.04 bits per heavy atom. The maximum atomic E-state index is 12.0. The van der Waals surface area contributed by atoms with Crippen molar-refractivity contribution in [2.24, 2.45) is 0 Å². The van der Waals surface area contributed by atoms with Crippen molar-refractivity contribution in [1.29, 1.82) is 0 Å². The summed E-state index contributed by atoms with van der Waals surface area (Å²) in [6, 6.07) is 5.81. The van der Waals surface area contributed by atoms with Crippen LogP contribution in [0.25, 0.3) is 0 Å². The zero-order valence-corrected chi connectivity index (χ0v) is 13.7. The smallest absolute Gasteiger partial charge is 0.287 e. The van der Waals surface area contributed by atoms with Crippen LogP contribution in [0.1, 0.15) is 47.5 Å². The van der Waals surface area contributed by atoms with Crippen molar-refractivity contribution in [3.63, 3.8) is 0 Å². The predicted molar refractivity (Wildman–Crippen MR) is 90.1 cm³/mol. The van der Waals surface area contributed by atoms with Gasteiger partial charge >= 0.3 is 0 Å². The maximum Gasteiger partial charge on any atom is 0.287 e. The minimum atomic E-state index is -0.132. The zero-order chi connectivity index (χ0) is 16.4. The van der Waals surface area contributed by atoms with E-state index in [0.717, 1.165) is 44.6 Å². The lowest BCUT2D eigenvalue weighted by molar-refractivity contribution is 0.0903. The van der Waals surface area contributed by atoms with E-state index in [1.54, 1.807) is 12.1 Å². The second-order valence-corrected chi connectivity index (χ2v) is 6.59.